The van der Waals surface area contributed by atoms with E-state index < -0.39 is 11.7 Å². The second kappa shape index (κ2) is 6.94. The fraction of sp³-hybridized carbons (Fsp3) is 0. The lowest BCUT2D eigenvalue weighted by molar-refractivity contribution is -0.111. The number of benzene rings is 2. The van der Waals surface area contributed by atoms with Crippen LogP contribution in [-0.4, -0.2) is 5.91 Å². The van der Waals surface area contributed by atoms with Gasteiger partial charge in [0.1, 0.15) is 5.82 Å². The van der Waals surface area contributed by atoms with Crippen LogP contribution in [0.2, 0.25) is 15.1 Å². The molecule has 0 aliphatic heterocycles. The summed E-state index contributed by atoms with van der Waals surface area (Å²) in [5.74, 6) is -0.957. The SMILES string of the molecule is O=C(/C=C/c1c(Cl)cccc1Cl)Nc1ccc(F)c(Cl)c1. The molecule has 1 N–H and O–H groups in total. The normalized spacial score (nSPS) is 10.9. The second-order valence-electron chi connectivity index (χ2n) is 4.09. The fourth-order valence-electron chi connectivity index (χ4n) is 1.59. The summed E-state index contributed by atoms with van der Waals surface area (Å²) in [6.45, 7) is 0. The molecule has 1 amide bonds. The van der Waals surface area contributed by atoms with E-state index in [-0.39, 0.29) is 5.02 Å². The molecule has 108 valence electrons. The Bertz CT molecular complexity index is 696. The van der Waals surface area contributed by atoms with Crippen LogP contribution in [0.1, 0.15) is 5.56 Å². The van der Waals surface area contributed by atoms with E-state index in [0.717, 1.165) is 0 Å². The quantitative estimate of drug-likeness (QED) is 0.738. The number of carbonyl (C=O) groups excluding carboxylic acids is 1. The van der Waals surface area contributed by atoms with Crippen molar-refractivity contribution in [3.63, 3.8) is 0 Å². The maximum atomic E-state index is 13.0. The summed E-state index contributed by atoms with van der Waals surface area (Å²) in [5.41, 5.74) is 0.939. The zero-order valence-corrected chi connectivity index (χ0v) is 12.8. The lowest BCUT2D eigenvalue weighted by Gasteiger charge is -2.04. The topological polar surface area (TPSA) is 29.1 Å². The number of nitrogens with one attached hydrogen (secondary N) is 1. The molecule has 2 aromatic rings. The number of anilines is 1. The van der Waals surface area contributed by atoms with Crippen LogP contribution in [0.3, 0.4) is 0 Å². The van der Waals surface area contributed by atoms with Gasteiger partial charge in [0.05, 0.1) is 5.02 Å². The summed E-state index contributed by atoms with van der Waals surface area (Å²) in [6, 6.07) is 8.96. The molecule has 0 saturated carbocycles. The Balaban J connectivity index is 2.11. The molecule has 0 heterocycles. The van der Waals surface area contributed by atoms with Crippen molar-refractivity contribution in [2.24, 2.45) is 0 Å². The molecule has 2 nitrogen and oxygen atoms in total. The van der Waals surface area contributed by atoms with Crippen molar-refractivity contribution in [2.75, 3.05) is 5.32 Å². The number of rotatable bonds is 3. The molecule has 2 rings (SSSR count). The molecule has 0 atom stereocenters. The second-order valence-corrected chi connectivity index (χ2v) is 5.31. The van der Waals surface area contributed by atoms with Crippen molar-refractivity contribution < 1.29 is 9.18 Å². The predicted molar refractivity (Wildman–Crippen MR) is 85.5 cm³/mol. The van der Waals surface area contributed by atoms with Crippen molar-refractivity contribution in [2.45, 2.75) is 0 Å². The van der Waals surface area contributed by atoms with Crippen molar-refractivity contribution in [1.29, 1.82) is 0 Å². The van der Waals surface area contributed by atoms with E-state index in [2.05, 4.69) is 5.32 Å². The summed E-state index contributed by atoms with van der Waals surface area (Å²) in [6.07, 6.45) is 2.79. The Morgan fingerprint density at radius 1 is 1.05 bits per heavy atom. The van der Waals surface area contributed by atoms with E-state index >= 15 is 0 Å². The minimum atomic E-state index is -0.548. The van der Waals surface area contributed by atoms with Crippen LogP contribution in [-0.2, 0) is 4.79 Å². The monoisotopic (exact) mass is 343 g/mol. The number of halogens is 4. The van der Waals surface area contributed by atoms with E-state index in [4.69, 9.17) is 34.8 Å². The van der Waals surface area contributed by atoms with Gasteiger partial charge in [0, 0.05) is 27.4 Å². The van der Waals surface area contributed by atoms with Gasteiger partial charge in [-0.15, -0.1) is 0 Å². The molecule has 0 aliphatic rings. The van der Waals surface area contributed by atoms with Crippen LogP contribution in [0.15, 0.2) is 42.5 Å². The Morgan fingerprint density at radius 2 is 1.71 bits per heavy atom. The summed E-state index contributed by atoms with van der Waals surface area (Å²) in [5, 5.41) is 3.37. The number of carbonyl (C=O) groups is 1. The molecule has 2 aromatic carbocycles. The number of amides is 1. The molecular formula is C15H9Cl3FNO. The Labute approximate surface area is 136 Å². The van der Waals surface area contributed by atoms with Gasteiger partial charge in [-0.05, 0) is 36.4 Å². The summed E-state index contributed by atoms with van der Waals surface area (Å²) in [4.78, 5) is 11.8. The summed E-state index contributed by atoms with van der Waals surface area (Å²) >= 11 is 17.6. The molecular weight excluding hydrogens is 336 g/mol. The molecule has 0 unspecified atom stereocenters. The third-order valence-corrected chi connectivity index (χ3v) is 3.54. The number of hydrogen-bond acceptors (Lipinski definition) is 1. The van der Waals surface area contributed by atoms with E-state index in [1.165, 1.54) is 30.4 Å². The molecule has 0 aromatic heterocycles. The highest BCUT2D eigenvalue weighted by Crippen LogP contribution is 2.25. The van der Waals surface area contributed by atoms with Gasteiger partial charge in [-0.2, -0.15) is 0 Å². The van der Waals surface area contributed by atoms with Crippen LogP contribution in [0, 0.1) is 5.82 Å². The summed E-state index contributed by atoms with van der Waals surface area (Å²) < 4.78 is 13.0. The van der Waals surface area contributed by atoms with Gasteiger partial charge in [-0.3, -0.25) is 4.79 Å². The first-order chi connectivity index (χ1) is 9.97. The molecule has 6 heteroatoms. The Kier molecular flexibility index (Phi) is 5.23. The van der Waals surface area contributed by atoms with Crippen LogP contribution in [0.25, 0.3) is 6.08 Å². The van der Waals surface area contributed by atoms with Gasteiger partial charge in [0.2, 0.25) is 5.91 Å². The first-order valence-corrected chi connectivity index (χ1v) is 6.99. The van der Waals surface area contributed by atoms with Crippen LogP contribution in [0.5, 0.6) is 0 Å². The fourth-order valence-corrected chi connectivity index (χ4v) is 2.29. The maximum Gasteiger partial charge on any atom is 0.248 e. The van der Waals surface area contributed by atoms with Crippen molar-refractivity contribution in [1.82, 2.24) is 0 Å². The molecule has 0 bridgehead atoms. The lowest BCUT2D eigenvalue weighted by Crippen LogP contribution is -2.07. The molecule has 0 saturated heterocycles. The maximum absolute atomic E-state index is 13.0. The third kappa shape index (κ3) is 4.21. The van der Waals surface area contributed by atoms with E-state index in [1.54, 1.807) is 18.2 Å². The van der Waals surface area contributed by atoms with E-state index in [1.807, 2.05) is 0 Å². The largest absolute Gasteiger partial charge is 0.322 e. The zero-order chi connectivity index (χ0) is 15.4. The standard InChI is InChI=1S/C15H9Cl3FNO/c16-11-2-1-3-12(17)10(11)5-7-15(21)20-9-4-6-14(19)13(18)8-9/h1-8H,(H,20,21)/b7-5+. The molecule has 0 radical (unpaired) electrons. The minimum Gasteiger partial charge on any atom is -0.322 e. The van der Waals surface area contributed by atoms with Crippen LogP contribution in [0.4, 0.5) is 10.1 Å². The molecule has 0 fully saturated rings. The smallest absolute Gasteiger partial charge is 0.248 e. The van der Waals surface area contributed by atoms with Gasteiger partial charge in [0.25, 0.3) is 0 Å². The zero-order valence-electron chi connectivity index (χ0n) is 10.5. The Hall–Kier alpha value is -1.55. The van der Waals surface area contributed by atoms with Gasteiger partial charge < -0.3 is 5.32 Å². The molecule has 0 aliphatic carbocycles. The van der Waals surface area contributed by atoms with Crippen molar-refractivity contribution >= 4 is 52.5 Å². The summed E-state index contributed by atoms with van der Waals surface area (Å²) in [7, 11) is 0. The third-order valence-electron chi connectivity index (χ3n) is 2.59. The van der Waals surface area contributed by atoms with Crippen molar-refractivity contribution in [3.8, 4) is 0 Å². The number of hydrogen-bond donors (Lipinski definition) is 1. The van der Waals surface area contributed by atoms with Crippen molar-refractivity contribution in [3.05, 3.63) is 68.9 Å². The first kappa shape index (κ1) is 15.8. The average molecular weight is 345 g/mol. The Morgan fingerprint density at radius 3 is 2.33 bits per heavy atom. The minimum absolute atomic E-state index is 0.0640. The van der Waals surface area contributed by atoms with Crippen LogP contribution >= 0.6 is 34.8 Å². The van der Waals surface area contributed by atoms with Gasteiger partial charge in [-0.25, -0.2) is 4.39 Å². The predicted octanol–water partition coefficient (Wildman–Crippen LogP) is 5.44. The first-order valence-electron chi connectivity index (χ1n) is 5.85. The van der Waals surface area contributed by atoms with E-state index in [9.17, 15) is 9.18 Å². The van der Waals surface area contributed by atoms with Crippen LogP contribution < -0.4 is 5.32 Å². The van der Waals surface area contributed by atoms with Gasteiger partial charge in [-0.1, -0.05) is 40.9 Å². The lowest BCUT2D eigenvalue weighted by atomic mass is 10.2. The highest BCUT2D eigenvalue weighted by molar-refractivity contribution is 6.37. The average Bonchev–Trinajstić information content (AvgIpc) is 2.42. The highest BCUT2D eigenvalue weighted by Gasteiger charge is 2.05. The molecule has 0 spiro atoms. The van der Waals surface area contributed by atoms with Gasteiger partial charge >= 0.3 is 0 Å². The van der Waals surface area contributed by atoms with Gasteiger partial charge in [0.15, 0.2) is 0 Å². The van der Waals surface area contributed by atoms with E-state index in [0.29, 0.717) is 21.3 Å². The molecule has 21 heavy (non-hydrogen) atoms. The highest BCUT2D eigenvalue weighted by atomic mass is 35.5.